The fourth-order valence-corrected chi connectivity index (χ4v) is 2.61. The molecule has 0 bridgehead atoms. The Morgan fingerprint density at radius 1 is 1.38 bits per heavy atom. The minimum Gasteiger partial charge on any atom is -0.369 e. The van der Waals surface area contributed by atoms with E-state index in [-0.39, 0.29) is 5.91 Å². The van der Waals surface area contributed by atoms with Crippen molar-refractivity contribution in [2.75, 3.05) is 18.4 Å². The maximum absolute atomic E-state index is 12.5. The third-order valence-corrected chi connectivity index (χ3v) is 3.87. The number of nitrogens with zero attached hydrogens (tertiary/aromatic N) is 3. The molecule has 6 heteroatoms. The molecule has 0 fully saturated rings. The lowest BCUT2D eigenvalue weighted by atomic mass is 10.3. The lowest BCUT2D eigenvalue weighted by Gasteiger charge is -2.19. The number of hydrogen-bond donors (Lipinski definition) is 1. The Morgan fingerprint density at radius 2 is 2.24 bits per heavy atom. The standard InChI is InChI=1S/C15H20N4OS/c1-3-7-17-14-10-16-9-13(18-14)15(20)19(4-2)11-12-6-5-8-21-12/h5-6,8-10H,3-4,7,11H2,1-2H3,(H,17,18). The minimum absolute atomic E-state index is 0.0847. The van der Waals surface area contributed by atoms with E-state index in [1.165, 1.54) is 11.1 Å². The highest BCUT2D eigenvalue weighted by molar-refractivity contribution is 7.09. The van der Waals surface area contributed by atoms with Crippen molar-refractivity contribution >= 4 is 23.1 Å². The van der Waals surface area contributed by atoms with Crippen LogP contribution in [-0.2, 0) is 6.54 Å². The normalized spacial score (nSPS) is 10.4. The molecule has 0 unspecified atom stereocenters. The third-order valence-electron chi connectivity index (χ3n) is 3.01. The van der Waals surface area contributed by atoms with Crippen molar-refractivity contribution in [1.82, 2.24) is 14.9 Å². The predicted octanol–water partition coefficient (Wildman–Crippen LogP) is 3.02. The molecule has 0 saturated carbocycles. The van der Waals surface area contributed by atoms with Gasteiger partial charge in [0.05, 0.1) is 18.9 Å². The zero-order chi connectivity index (χ0) is 15.1. The molecule has 0 atom stereocenters. The van der Waals surface area contributed by atoms with Gasteiger partial charge in [-0.1, -0.05) is 13.0 Å². The van der Waals surface area contributed by atoms with Gasteiger partial charge in [0, 0.05) is 18.0 Å². The van der Waals surface area contributed by atoms with Gasteiger partial charge < -0.3 is 10.2 Å². The fourth-order valence-electron chi connectivity index (χ4n) is 1.89. The van der Waals surface area contributed by atoms with Crippen LogP contribution in [0.1, 0.15) is 35.6 Å². The molecule has 2 aromatic rings. The van der Waals surface area contributed by atoms with Crippen molar-refractivity contribution in [2.24, 2.45) is 0 Å². The number of thiophene rings is 1. The van der Waals surface area contributed by atoms with Crippen molar-refractivity contribution in [2.45, 2.75) is 26.8 Å². The van der Waals surface area contributed by atoms with Gasteiger partial charge in [0.1, 0.15) is 11.5 Å². The number of carbonyl (C=O) groups excluding carboxylic acids is 1. The largest absolute Gasteiger partial charge is 0.369 e. The minimum atomic E-state index is -0.0847. The molecule has 2 rings (SSSR count). The van der Waals surface area contributed by atoms with Gasteiger partial charge >= 0.3 is 0 Å². The first-order chi connectivity index (χ1) is 10.2. The lowest BCUT2D eigenvalue weighted by Crippen LogP contribution is -2.31. The van der Waals surface area contributed by atoms with Crippen molar-refractivity contribution < 1.29 is 4.79 Å². The van der Waals surface area contributed by atoms with Gasteiger partial charge in [-0.25, -0.2) is 4.98 Å². The van der Waals surface area contributed by atoms with E-state index in [2.05, 4.69) is 22.2 Å². The zero-order valence-electron chi connectivity index (χ0n) is 12.4. The number of anilines is 1. The topological polar surface area (TPSA) is 58.1 Å². The van der Waals surface area contributed by atoms with Crippen LogP contribution in [0, 0.1) is 0 Å². The number of aromatic nitrogens is 2. The summed E-state index contributed by atoms with van der Waals surface area (Å²) in [6.45, 7) is 6.12. The molecular formula is C15H20N4OS. The summed E-state index contributed by atoms with van der Waals surface area (Å²) in [4.78, 5) is 23.9. The average molecular weight is 304 g/mol. The molecule has 2 aromatic heterocycles. The van der Waals surface area contributed by atoms with Gasteiger partial charge in [0.15, 0.2) is 0 Å². The molecule has 0 aromatic carbocycles. The first-order valence-corrected chi connectivity index (χ1v) is 8.00. The van der Waals surface area contributed by atoms with Crippen LogP contribution in [-0.4, -0.2) is 33.9 Å². The van der Waals surface area contributed by atoms with E-state index in [1.807, 2.05) is 24.4 Å². The van der Waals surface area contributed by atoms with Crippen LogP contribution in [0.25, 0.3) is 0 Å². The molecule has 1 N–H and O–H groups in total. The number of amides is 1. The van der Waals surface area contributed by atoms with Crippen LogP contribution in [0.15, 0.2) is 29.9 Å². The Balaban J connectivity index is 2.09. The van der Waals surface area contributed by atoms with Gasteiger partial charge in [0.25, 0.3) is 5.91 Å². The van der Waals surface area contributed by atoms with Crippen LogP contribution in [0.5, 0.6) is 0 Å². The maximum atomic E-state index is 12.5. The summed E-state index contributed by atoms with van der Waals surface area (Å²) < 4.78 is 0. The van der Waals surface area contributed by atoms with E-state index >= 15 is 0 Å². The molecule has 2 heterocycles. The van der Waals surface area contributed by atoms with E-state index in [4.69, 9.17) is 0 Å². The number of carbonyl (C=O) groups is 1. The lowest BCUT2D eigenvalue weighted by molar-refractivity contribution is 0.0748. The van der Waals surface area contributed by atoms with E-state index in [0.29, 0.717) is 24.6 Å². The van der Waals surface area contributed by atoms with Gasteiger partial charge in [-0.3, -0.25) is 9.78 Å². The van der Waals surface area contributed by atoms with Crippen LogP contribution in [0.3, 0.4) is 0 Å². The van der Waals surface area contributed by atoms with Crippen molar-refractivity contribution in [3.05, 3.63) is 40.5 Å². The molecule has 21 heavy (non-hydrogen) atoms. The number of rotatable bonds is 7. The number of hydrogen-bond acceptors (Lipinski definition) is 5. The first-order valence-electron chi connectivity index (χ1n) is 7.12. The monoisotopic (exact) mass is 304 g/mol. The summed E-state index contributed by atoms with van der Waals surface area (Å²) >= 11 is 1.65. The summed E-state index contributed by atoms with van der Waals surface area (Å²) in [6.07, 6.45) is 4.16. The SMILES string of the molecule is CCCNc1cncc(C(=O)N(CC)Cc2cccs2)n1. The van der Waals surface area contributed by atoms with E-state index < -0.39 is 0 Å². The Bertz CT molecular complexity index is 571. The molecule has 5 nitrogen and oxygen atoms in total. The van der Waals surface area contributed by atoms with Crippen LogP contribution in [0.2, 0.25) is 0 Å². The van der Waals surface area contributed by atoms with Crippen molar-refractivity contribution in [3.8, 4) is 0 Å². The van der Waals surface area contributed by atoms with Gasteiger partial charge in [-0.15, -0.1) is 11.3 Å². The molecule has 0 aliphatic heterocycles. The van der Waals surface area contributed by atoms with Gasteiger partial charge in [-0.2, -0.15) is 0 Å². The maximum Gasteiger partial charge on any atom is 0.274 e. The zero-order valence-corrected chi connectivity index (χ0v) is 13.2. The molecule has 0 radical (unpaired) electrons. The molecule has 0 saturated heterocycles. The van der Waals surface area contributed by atoms with E-state index in [9.17, 15) is 4.79 Å². The van der Waals surface area contributed by atoms with Crippen molar-refractivity contribution in [1.29, 1.82) is 0 Å². The molecule has 1 amide bonds. The second-order valence-electron chi connectivity index (χ2n) is 4.62. The van der Waals surface area contributed by atoms with E-state index in [1.54, 1.807) is 22.4 Å². The molecule has 0 aliphatic rings. The first kappa shape index (κ1) is 15.4. The second kappa shape index (κ2) is 7.73. The Labute approximate surface area is 129 Å². The van der Waals surface area contributed by atoms with Crippen LogP contribution < -0.4 is 5.32 Å². The van der Waals surface area contributed by atoms with Crippen molar-refractivity contribution in [3.63, 3.8) is 0 Å². The summed E-state index contributed by atoms with van der Waals surface area (Å²) in [5, 5.41) is 5.17. The smallest absolute Gasteiger partial charge is 0.274 e. The van der Waals surface area contributed by atoms with Gasteiger partial charge in [0.2, 0.25) is 0 Å². The summed E-state index contributed by atoms with van der Waals surface area (Å²) in [7, 11) is 0. The second-order valence-corrected chi connectivity index (χ2v) is 5.65. The Hall–Kier alpha value is -1.95. The predicted molar refractivity (Wildman–Crippen MR) is 85.5 cm³/mol. The Kier molecular flexibility index (Phi) is 5.68. The molecule has 0 spiro atoms. The summed E-state index contributed by atoms with van der Waals surface area (Å²) in [5.74, 6) is 0.563. The summed E-state index contributed by atoms with van der Waals surface area (Å²) in [6, 6.07) is 4.03. The highest BCUT2D eigenvalue weighted by Gasteiger charge is 2.17. The third kappa shape index (κ3) is 4.26. The molecular weight excluding hydrogens is 284 g/mol. The highest BCUT2D eigenvalue weighted by Crippen LogP contribution is 2.14. The molecule has 0 aliphatic carbocycles. The average Bonchev–Trinajstić information content (AvgIpc) is 3.03. The van der Waals surface area contributed by atoms with Crippen LogP contribution >= 0.6 is 11.3 Å². The molecule has 112 valence electrons. The highest BCUT2D eigenvalue weighted by atomic mass is 32.1. The van der Waals surface area contributed by atoms with Crippen LogP contribution in [0.4, 0.5) is 5.82 Å². The quantitative estimate of drug-likeness (QED) is 0.854. The van der Waals surface area contributed by atoms with Gasteiger partial charge in [-0.05, 0) is 24.8 Å². The van der Waals surface area contributed by atoms with E-state index in [0.717, 1.165) is 13.0 Å². The summed E-state index contributed by atoms with van der Waals surface area (Å²) in [5.41, 5.74) is 0.384. The fraction of sp³-hybridized carbons (Fsp3) is 0.400. The Morgan fingerprint density at radius 3 is 2.90 bits per heavy atom. The number of nitrogens with one attached hydrogen (secondary N) is 1.